The summed E-state index contributed by atoms with van der Waals surface area (Å²) in [7, 11) is -10.3. The first-order chi connectivity index (χ1) is 56.6. The number of hydrogen-bond acceptors (Lipinski definition) is 27. The highest BCUT2D eigenvalue weighted by atomic mass is 31.2. The van der Waals surface area contributed by atoms with Crippen LogP contribution in [0.1, 0.15) is 129 Å². The van der Waals surface area contributed by atoms with Gasteiger partial charge in [-0.25, -0.2) is 34.0 Å². The number of nitrogens with zero attached hydrogens (tertiary/aromatic N) is 11. The molecule has 11 aromatic rings. The lowest BCUT2D eigenvalue weighted by Crippen LogP contribution is -2.31. The zero-order valence-corrected chi connectivity index (χ0v) is 64.4. The lowest BCUT2D eigenvalue weighted by atomic mass is 10.0. The largest absolute Gasteiger partial charge is 0.472 e. The van der Waals surface area contributed by atoms with E-state index < -0.39 is 101 Å². The summed E-state index contributed by atoms with van der Waals surface area (Å²) in [6.45, 7) is -0.596. The van der Waals surface area contributed by atoms with Crippen LogP contribution in [0.15, 0.2) is 124 Å². The lowest BCUT2D eigenvalue weighted by molar-refractivity contribution is -0.121. The van der Waals surface area contributed by atoms with E-state index in [1.807, 2.05) is 85.0 Å². The number of carbonyl (C=O) groups is 2. The number of nitrogens with one attached hydrogen (secondary N) is 7. The van der Waals surface area contributed by atoms with Crippen LogP contribution < -0.4 is 44.5 Å². The minimum atomic E-state index is -5.17. The Morgan fingerprint density at radius 1 is 0.513 bits per heavy atom. The van der Waals surface area contributed by atoms with Crippen LogP contribution in [0.3, 0.4) is 0 Å². The second kappa shape index (κ2) is 34.3. The van der Waals surface area contributed by atoms with Crippen molar-refractivity contribution in [1.82, 2.24) is 89.1 Å². The van der Waals surface area contributed by atoms with Gasteiger partial charge < -0.3 is 71.6 Å². The van der Waals surface area contributed by atoms with E-state index >= 15 is 0 Å². The van der Waals surface area contributed by atoms with Gasteiger partial charge in [-0.2, -0.15) is 15.0 Å². The number of phosphoric ester groups is 2. The van der Waals surface area contributed by atoms with Gasteiger partial charge in [-0.15, -0.1) is 0 Å². The van der Waals surface area contributed by atoms with Crippen molar-refractivity contribution in [1.29, 1.82) is 0 Å². The minimum absolute atomic E-state index is 0.0369. The number of aromatic nitrogens is 16. The van der Waals surface area contributed by atoms with Crippen LogP contribution in [-0.4, -0.2) is 181 Å². The molecule has 16 rings (SSSR count). The number of H-pyrrole nitrogens is 5. The summed E-state index contributed by atoms with van der Waals surface area (Å²) < 4.78 is 79.2. The molecule has 2 amide bonds. The molecule has 11 atom stereocenters. The van der Waals surface area contributed by atoms with Gasteiger partial charge in [-0.05, 0) is 103 Å². The number of nitrogen functional groups attached to an aromatic ring is 3. The molecule has 3 fully saturated rings. The number of anilines is 3. The number of amides is 2. The van der Waals surface area contributed by atoms with Crippen molar-refractivity contribution in [3.63, 3.8) is 0 Å². The summed E-state index contributed by atoms with van der Waals surface area (Å²) in [5, 5.41) is 16.9. The Kier molecular flexibility index (Phi) is 23.3. The first kappa shape index (κ1) is 79.3. The number of aliphatic hydroxyl groups excluding tert-OH is 1. The summed E-state index contributed by atoms with van der Waals surface area (Å²) in [4.78, 5) is 136. The predicted molar refractivity (Wildman–Crippen MR) is 428 cm³/mol. The summed E-state index contributed by atoms with van der Waals surface area (Å²) >= 11 is 0. The van der Waals surface area contributed by atoms with Crippen molar-refractivity contribution in [2.75, 3.05) is 56.7 Å². The molecular formula is C76H83N21O18P2. The molecule has 5 aliphatic rings. The Balaban J connectivity index is 0.476. The highest BCUT2D eigenvalue weighted by Crippen LogP contribution is 2.53. The smallest absolute Gasteiger partial charge is 0.390 e. The number of aromatic amines is 5. The molecule has 2 unspecified atom stereocenters. The molecule has 0 radical (unpaired) electrons. The second-order valence-electron chi connectivity index (χ2n) is 28.7. The first-order valence-corrected chi connectivity index (χ1v) is 41.1. The molecule has 2 aromatic carbocycles. The van der Waals surface area contributed by atoms with Gasteiger partial charge in [-0.1, -0.05) is 74.6 Å². The molecule has 117 heavy (non-hydrogen) atoms. The molecule has 5 aliphatic heterocycles. The number of aliphatic hydroxyl groups is 1. The van der Waals surface area contributed by atoms with Gasteiger partial charge >= 0.3 is 15.6 Å². The maximum atomic E-state index is 14.2. The third kappa shape index (κ3) is 18.2. The van der Waals surface area contributed by atoms with Crippen LogP contribution >= 0.6 is 15.6 Å². The Morgan fingerprint density at radius 3 is 1.49 bits per heavy atom. The molecule has 14 heterocycles. The average Bonchev–Trinajstić information content (AvgIpc) is 1.65. The maximum absolute atomic E-state index is 14.2. The standard InChI is InChI=1S/C76H83N21O18P2/c77-74-89-67-64(71(101)92-74)82-38-95(67)59-32-52(98)55(111-59)36-109-116(104,105)115-54-34-61(97-40-84-66-69(97)91-76(79)94-73(66)103)113-57(54)37-110-117(106,107)114-53-33-60(96-39-83-65-68(96)90-75(78)93-72(65)102)112-56(53)35-108-29-10-5-3-1-2-4-9-14-58(99)80-27-11-28-81-70(100)43-17-15-42(16-18-43)63-50-25-21-46(87-50)30-44-19-23-48(85-44)62(41-12-7-6-8-13-41)49-24-20-45(86-49)31-47-22-26-51(63)88-47/h6-8,12-13,15-26,30-31,38-40,52-57,59-61,85,88,98H,1-5,9-11,14,27-29,32-37H2,(H,80,99)(H,81,100)(H,104,105)(H,106,107)(H3,77,89,92,101)(H3,78,90,93,102)(H3,79,91,94,103)/t52-,53-,54-,55+,56+,57+,59+,60+,61+/m0/s1. The quantitative estimate of drug-likeness (QED) is 0.0142. The Bertz CT molecular complexity index is 6080. The summed E-state index contributed by atoms with van der Waals surface area (Å²) in [5.74, 6) is -0.939. The number of nitrogens with two attached hydrogens (primary N) is 3. The number of unbranched alkanes of at least 4 members (excludes halogenated alkanes) is 6. The predicted octanol–water partition coefficient (Wildman–Crippen LogP) is 7.74. The van der Waals surface area contributed by atoms with Crippen LogP contribution in [0.25, 0.3) is 102 Å². The zero-order valence-electron chi connectivity index (χ0n) is 62.6. The fraction of sp³-hybridized carbons (Fsp3) is 0.355. The molecule has 16 N–H and O–H groups in total. The molecule has 610 valence electrons. The summed E-state index contributed by atoms with van der Waals surface area (Å²) in [5.41, 5.74) is 26.6. The fourth-order valence-corrected chi connectivity index (χ4v) is 16.8. The van der Waals surface area contributed by atoms with E-state index in [1.165, 1.54) is 32.7 Å². The van der Waals surface area contributed by atoms with E-state index in [4.69, 9.17) is 64.2 Å². The van der Waals surface area contributed by atoms with Gasteiger partial charge in [0.25, 0.3) is 22.6 Å². The van der Waals surface area contributed by atoms with Gasteiger partial charge in [0.05, 0.1) is 67.7 Å². The summed E-state index contributed by atoms with van der Waals surface area (Å²) in [6, 6.07) is 29.8. The van der Waals surface area contributed by atoms with Gasteiger partial charge in [0.2, 0.25) is 23.8 Å². The maximum Gasteiger partial charge on any atom is 0.472 e. The van der Waals surface area contributed by atoms with Gasteiger partial charge in [0.15, 0.2) is 33.5 Å². The third-order valence-corrected chi connectivity index (χ3v) is 22.5. The van der Waals surface area contributed by atoms with Crippen molar-refractivity contribution in [2.45, 2.75) is 132 Å². The van der Waals surface area contributed by atoms with Crippen molar-refractivity contribution in [3.05, 3.63) is 169 Å². The molecule has 8 bridgehead atoms. The third-order valence-electron chi connectivity index (χ3n) is 20.5. The van der Waals surface area contributed by atoms with Crippen LogP contribution in [0.5, 0.6) is 0 Å². The second-order valence-corrected chi connectivity index (χ2v) is 31.5. The Labute approximate surface area is 662 Å². The number of rotatable bonds is 32. The van der Waals surface area contributed by atoms with Crippen LogP contribution in [0.2, 0.25) is 0 Å². The number of phosphoric acid groups is 2. The van der Waals surface area contributed by atoms with Crippen LogP contribution in [0, 0.1) is 0 Å². The molecule has 9 aromatic heterocycles. The molecule has 0 saturated carbocycles. The summed E-state index contributed by atoms with van der Waals surface area (Å²) in [6.07, 6.45) is 7.25. The van der Waals surface area contributed by atoms with Crippen molar-refractivity contribution < 1.29 is 70.7 Å². The van der Waals surface area contributed by atoms with Gasteiger partial charge in [0.1, 0.15) is 49.2 Å². The van der Waals surface area contributed by atoms with E-state index in [1.54, 1.807) is 12.1 Å². The topological polar surface area (TPSA) is 553 Å². The highest BCUT2D eigenvalue weighted by Gasteiger charge is 2.47. The first-order valence-electron chi connectivity index (χ1n) is 38.1. The van der Waals surface area contributed by atoms with E-state index in [0.29, 0.717) is 44.3 Å². The van der Waals surface area contributed by atoms with Crippen molar-refractivity contribution >= 4 is 125 Å². The zero-order chi connectivity index (χ0) is 81.1. The molecule has 41 heteroatoms. The average molecular weight is 1640 g/mol. The molecule has 0 aliphatic carbocycles. The van der Waals surface area contributed by atoms with E-state index in [-0.39, 0.29) is 95.6 Å². The van der Waals surface area contributed by atoms with Gasteiger partial charge in [-0.3, -0.25) is 70.7 Å². The number of fused-ring (bicyclic) bond motifs is 11. The van der Waals surface area contributed by atoms with E-state index in [2.05, 4.69) is 83.7 Å². The minimum Gasteiger partial charge on any atom is -0.390 e. The molecule has 39 nitrogen and oxygen atoms in total. The monoisotopic (exact) mass is 1640 g/mol. The highest BCUT2D eigenvalue weighted by molar-refractivity contribution is 7.47. The normalized spacial score (nSPS) is 20.9. The number of ether oxygens (including phenoxy) is 4. The number of carbonyl (C=O) groups excluding carboxylic acids is 2. The number of hydrogen-bond donors (Lipinski definition) is 13. The SMILES string of the molecule is Nc1nc2c(ncn2[C@H]2C[C@H](OP(=O)(O)OC[C@H]3O[C@@H](n4cnc5c(=O)[nH]c(N)nc54)C[C@@H]3OP(=O)(O)OC[C@H]3O[C@@H](n4cnc5c(=O)[nH]c(N)nc54)C[C@@H]3O)[C@@H](COCCCCCCCCCC(=O)NCCCNC(=O)c3ccc(-c4c5nc(cc6ccc([nH]6)c(-c6ccccc6)c6nc(cc7ccc4[nH]7)C=C6)C=C5)cc3)O2)c(=O)[nH]1. The van der Waals surface area contributed by atoms with Gasteiger partial charge in [0, 0.05) is 84.1 Å². The molecule has 0 spiro atoms. The molecular weight excluding hydrogens is 1560 g/mol. The number of benzene rings is 2. The van der Waals surface area contributed by atoms with E-state index in [0.717, 1.165) is 99.2 Å². The Morgan fingerprint density at radius 2 is 0.966 bits per heavy atom. The van der Waals surface area contributed by atoms with Crippen molar-refractivity contribution in [3.8, 4) is 22.3 Å². The molecule has 3 saturated heterocycles. The van der Waals surface area contributed by atoms with E-state index in [9.17, 15) is 48.0 Å². The number of imidazole rings is 3. The fourth-order valence-electron chi connectivity index (χ4n) is 14.9. The van der Waals surface area contributed by atoms with Crippen LogP contribution in [-0.2, 0) is 51.0 Å². The van der Waals surface area contributed by atoms with Crippen LogP contribution in [0.4, 0.5) is 17.8 Å². The Hall–Kier alpha value is -11.6. The van der Waals surface area contributed by atoms with Crippen molar-refractivity contribution in [2.24, 2.45) is 0 Å². The lowest BCUT2D eigenvalue weighted by Gasteiger charge is -2.24.